The van der Waals surface area contributed by atoms with Crippen LogP contribution in [0, 0.1) is 0 Å². The van der Waals surface area contributed by atoms with E-state index in [1.165, 1.54) is 17.0 Å². The minimum absolute atomic E-state index is 0.0694. The Morgan fingerprint density at radius 2 is 1.71 bits per heavy atom. The van der Waals surface area contributed by atoms with Gasteiger partial charge in [-0.3, -0.25) is 14.5 Å². The van der Waals surface area contributed by atoms with Gasteiger partial charge in [0.15, 0.2) is 0 Å². The summed E-state index contributed by atoms with van der Waals surface area (Å²) < 4.78 is 40.0. The van der Waals surface area contributed by atoms with Crippen molar-refractivity contribution in [2.45, 2.75) is 19.3 Å². The van der Waals surface area contributed by atoms with Crippen molar-refractivity contribution >= 4 is 17.5 Å². The summed E-state index contributed by atoms with van der Waals surface area (Å²) in [4.78, 5) is 26.8. The lowest BCUT2D eigenvalue weighted by Crippen LogP contribution is -2.44. The van der Waals surface area contributed by atoms with Crippen LogP contribution in [0.4, 0.5) is 18.9 Å². The van der Waals surface area contributed by atoms with E-state index < -0.39 is 12.4 Å². The van der Waals surface area contributed by atoms with Gasteiger partial charge in [0.2, 0.25) is 11.8 Å². The van der Waals surface area contributed by atoms with E-state index in [1.54, 1.807) is 33.0 Å². The zero-order chi connectivity index (χ0) is 18.5. The van der Waals surface area contributed by atoms with Crippen molar-refractivity contribution in [3.8, 4) is 5.75 Å². The van der Waals surface area contributed by atoms with E-state index in [1.807, 2.05) is 0 Å². The Morgan fingerprint density at radius 3 is 2.17 bits per heavy atom. The highest BCUT2D eigenvalue weighted by Crippen LogP contribution is 2.24. The van der Waals surface area contributed by atoms with Crippen LogP contribution in [0.5, 0.6) is 5.75 Å². The molecule has 24 heavy (non-hydrogen) atoms. The first-order chi connectivity index (χ1) is 11.0. The number of alkyl halides is 3. The van der Waals surface area contributed by atoms with Crippen LogP contribution in [-0.2, 0) is 9.59 Å². The Balaban J connectivity index is 2.62. The average molecular weight is 347 g/mol. The molecule has 0 spiro atoms. The molecule has 0 aromatic heterocycles. The number of hydrogen-bond donors (Lipinski definition) is 1. The minimum Gasteiger partial charge on any atom is -0.406 e. The summed E-state index contributed by atoms with van der Waals surface area (Å²) in [6.07, 6.45) is -4.76. The van der Waals surface area contributed by atoms with E-state index in [2.05, 4.69) is 10.1 Å². The predicted molar refractivity (Wildman–Crippen MR) is 82.5 cm³/mol. The molecule has 0 heterocycles. The van der Waals surface area contributed by atoms with Gasteiger partial charge in [-0.15, -0.1) is 13.2 Å². The molecule has 2 amide bonds. The Morgan fingerprint density at radius 1 is 1.17 bits per heavy atom. The van der Waals surface area contributed by atoms with E-state index in [0.717, 1.165) is 12.1 Å². The number of anilines is 1. The molecule has 1 atom stereocenters. The first-order valence-electron chi connectivity index (χ1n) is 7.06. The van der Waals surface area contributed by atoms with E-state index in [4.69, 9.17) is 0 Å². The summed E-state index contributed by atoms with van der Waals surface area (Å²) >= 11 is 0. The number of hydrogen-bond acceptors (Lipinski definition) is 4. The van der Waals surface area contributed by atoms with Crippen LogP contribution in [0.2, 0.25) is 0 Å². The Hall–Kier alpha value is -2.29. The van der Waals surface area contributed by atoms with E-state index in [-0.39, 0.29) is 24.1 Å². The second kappa shape index (κ2) is 8.00. The molecule has 0 radical (unpaired) electrons. The molecule has 0 saturated carbocycles. The summed E-state index contributed by atoms with van der Waals surface area (Å²) in [6.45, 7) is 1.69. The quantitative estimate of drug-likeness (QED) is 0.854. The van der Waals surface area contributed by atoms with Crippen molar-refractivity contribution in [3.05, 3.63) is 24.3 Å². The fourth-order valence-electron chi connectivity index (χ4n) is 1.68. The van der Waals surface area contributed by atoms with Gasteiger partial charge in [-0.1, -0.05) is 0 Å². The SMILES string of the molecule is C[C@@H](C(=O)Nc1ccc(OC(F)(F)F)cc1)N(C)CC(=O)N(C)C. The first kappa shape index (κ1) is 19.8. The summed E-state index contributed by atoms with van der Waals surface area (Å²) in [7, 11) is 4.86. The van der Waals surface area contributed by atoms with Gasteiger partial charge in [-0.2, -0.15) is 0 Å². The molecule has 0 fully saturated rings. The zero-order valence-electron chi connectivity index (χ0n) is 13.8. The van der Waals surface area contributed by atoms with Crippen molar-refractivity contribution < 1.29 is 27.5 Å². The normalized spacial score (nSPS) is 12.7. The van der Waals surface area contributed by atoms with Gasteiger partial charge < -0.3 is 15.0 Å². The monoisotopic (exact) mass is 347 g/mol. The lowest BCUT2D eigenvalue weighted by molar-refractivity contribution is -0.274. The smallest absolute Gasteiger partial charge is 0.406 e. The highest BCUT2D eigenvalue weighted by Gasteiger charge is 2.31. The molecule has 134 valence electrons. The van der Waals surface area contributed by atoms with Gasteiger partial charge in [-0.05, 0) is 38.2 Å². The first-order valence-corrected chi connectivity index (χ1v) is 7.06. The van der Waals surface area contributed by atoms with Crippen LogP contribution >= 0.6 is 0 Å². The van der Waals surface area contributed by atoms with Crippen molar-refractivity contribution in [1.29, 1.82) is 0 Å². The van der Waals surface area contributed by atoms with Crippen LogP contribution in [0.3, 0.4) is 0 Å². The molecule has 0 saturated heterocycles. The van der Waals surface area contributed by atoms with Crippen LogP contribution in [0.15, 0.2) is 24.3 Å². The zero-order valence-corrected chi connectivity index (χ0v) is 13.8. The second-order valence-electron chi connectivity index (χ2n) is 5.44. The van der Waals surface area contributed by atoms with Crippen molar-refractivity contribution in [1.82, 2.24) is 9.80 Å². The molecular weight excluding hydrogens is 327 g/mol. The molecular formula is C15H20F3N3O3. The van der Waals surface area contributed by atoms with Gasteiger partial charge in [0, 0.05) is 19.8 Å². The van der Waals surface area contributed by atoms with Gasteiger partial charge in [0.25, 0.3) is 0 Å². The van der Waals surface area contributed by atoms with Crippen LogP contribution in [-0.4, -0.2) is 61.7 Å². The number of rotatable bonds is 6. The number of carbonyl (C=O) groups excluding carboxylic acids is 2. The number of nitrogens with zero attached hydrogens (tertiary/aromatic N) is 2. The number of halogens is 3. The maximum absolute atomic E-state index is 12.1. The van der Waals surface area contributed by atoms with Crippen molar-refractivity contribution in [2.75, 3.05) is 33.0 Å². The maximum Gasteiger partial charge on any atom is 0.573 e. The number of likely N-dealkylation sites (N-methyl/N-ethyl adjacent to an activating group) is 2. The standard InChI is InChI=1S/C15H20F3N3O3/c1-10(21(4)9-13(22)20(2)3)14(23)19-11-5-7-12(8-6-11)24-15(16,17)18/h5-8,10H,9H2,1-4H3,(H,19,23)/t10-/m0/s1. The third kappa shape index (κ3) is 6.45. The fraction of sp³-hybridized carbons (Fsp3) is 0.467. The highest BCUT2D eigenvalue weighted by molar-refractivity contribution is 5.94. The number of ether oxygens (including phenoxy) is 1. The molecule has 6 nitrogen and oxygen atoms in total. The largest absolute Gasteiger partial charge is 0.573 e. The van der Waals surface area contributed by atoms with Crippen LogP contribution in [0.25, 0.3) is 0 Å². The molecule has 1 aromatic carbocycles. The average Bonchev–Trinajstić information content (AvgIpc) is 2.46. The summed E-state index contributed by atoms with van der Waals surface area (Å²) in [5.74, 6) is -0.901. The third-order valence-corrected chi connectivity index (χ3v) is 3.28. The topological polar surface area (TPSA) is 61.9 Å². The number of amides is 2. The van der Waals surface area contributed by atoms with Gasteiger partial charge in [0.05, 0.1) is 12.6 Å². The molecule has 0 aliphatic carbocycles. The Labute approximate surface area is 138 Å². The fourth-order valence-corrected chi connectivity index (χ4v) is 1.68. The van der Waals surface area contributed by atoms with Crippen molar-refractivity contribution in [3.63, 3.8) is 0 Å². The number of nitrogens with one attached hydrogen (secondary N) is 1. The van der Waals surface area contributed by atoms with Crippen molar-refractivity contribution in [2.24, 2.45) is 0 Å². The Kier molecular flexibility index (Phi) is 6.59. The summed E-state index contributed by atoms with van der Waals surface area (Å²) in [6, 6.07) is 4.22. The molecule has 0 aliphatic rings. The highest BCUT2D eigenvalue weighted by atomic mass is 19.4. The molecule has 1 aromatic rings. The lowest BCUT2D eigenvalue weighted by atomic mass is 10.2. The maximum atomic E-state index is 12.1. The minimum atomic E-state index is -4.76. The second-order valence-corrected chi connectivity index (χ2v) is 5.44. The molecule has 1 N–H and O–H groups in total. The van der Waals surface area contributed by atoms with Crippen LogP contribution in [0.1, 0.15) is 6.92 Å². The number of benzene rings is 1. The van der Waals surface area contributed by atoms with Crippen LogP contribution < -0.4 is 10.1 Å². The summed E-state index contributed by atoms with van der Waals surface area (Å²) in [5, 5.41) is 2.57. The summed E-state index contributed by atoms with van der Waals surface area (Å²) in [5.41, 5.74) is 0.328. The lowest BCUT2D eigenvalue weighted by Gasteiger charge is -2.24. The molecule has 1 rings (SSSR count). The molecule has 9 heteroatoms. The van der Waals surface area contributed by atoms with Gasteiger partial charge >= 0.3 is 6.36 Å². The predicted octanol–water partition coefficient (Wildman–Crippen LogP) is 1.93. The third-order valence-electron chi connectivity index (χ3n) is 3.28. The van der Waals surface area contributed by atoms with Gasteiger partial charge in [0.1, 0.15) is 5.75 Å². The molecule has 0 unspecified atom stereocenters. The molecule has 0 aliphatic heterocycles. The Bertz CT molecular complexity index is 574. The van der Waals surface area contributed by atoms with Gasteiger partial charge in [-0.25, -0.2) is 0 Å². The van der Waals surface area contributed by atoms with E-state index in [0.29, 0.717) is 5.69 Å². The molecule has 0 bridgehead atoms. The van der Waals surface area contributed by atoms with E-state index >= 15 is 0 Å². The number of carbonyl (C=O) groups is 2. The van der Waals surface area contributed by atoms with E-state index in [9.17, 15) is 22.8 Å².